The van der Waals surface area contributed by atoms with Gasteiger partial charge >= 0.3 is 0 Å². The molecule has 4 aromatic rings. The molecule has 156 valence electrons. The molecule has 0 aliphatic carbocycles. The van der Waals surface area contributed by atoms with E-state index in [-0.39, 0.29) is 0 Å². The molecule has 0 spiro atoms. The minimum atomic E-state index is 0.471. The molecule has 2 saturated heterocycles. The molecule has 0 amide bonds. The molecule has 1 aromatic carbocycles. The Labute approximate surface area is 179 Å². The summed E-state index contributed by atoms with van der Waals surface area (Å²) in [6, 6.07) is 11.2. The van der Waals surface area contributed by atoms with Crippen molar-refractivity contribution in [1.29, 1.82) is 0 Å². The number of fused-ring (bicyclic) bond motifs is 3. The number of hydrogen-bond acceptors (Lipinski definition) is 8. The van der Waals surface area contributed by atoms with Crippen LogP contribution in [0.1, 0.15) is 6.42 Å². The number of ether oxygens (including phenoxy) is 1. The lowest BCUT2D eigenvalue weighted by atomic mass is 10.2. The van der Waals surface area contributed by atoms with E-state index in [0.717, 1.165) is 47.6 Å². The summed E-state index contributed by atoms with van der Waals surface area (Å²) in [6.45, 7) is 1.96. The summed E-state index contributed by atoms with van der Waals surface area (Å²) in [5, 5.41) is 12.7. The summed E-state index contributed by atoms with van der Waals surface area (Å²) in [7, 11) is 1.67. The lowest BCUT2D eigenvalue weighted by Crippen LogP contribution is -2.43. The van der Waals surface area contributed by atoms with Gasteiger partial charge in [0.25, 0.3) is 0 Å². The summed E-state index contributed by atoms with van der Waals surface area (Å²) in [6.07, 6.45) is 7.94. The third-order valence-corrected chi connectivity index (χ3v) is 6.02. The van der Waals surface area contributed by atoms with Crippen molar-refractivity contribution >= 4 is 28.2 Å². The second kappa shape index (κ2) is 7.21. The third kappa shape index (κ3) is 3.05. The van der Waals surface area contributed by atoms with E-state index >= 15 is 0 Å². The number of aromatic nitrogens is 5. The van der Waals surface area contributed by atoms with Crippen LogP contribution < -0.4 is 20.3 Å². The Morgan fingerprint density at radius 3 is 2.87 bits per heavy atom. The molecular formula is C22H22N8O. The fourth-order valence-electron chi connectivity index (χ4n) is 4.61. The van der Waals surface area contributed by atoms with Crippen LogP contribution in [0, 0.1) is 0 Å². The second-order valence-electron chi connectivity index (χ2n) is 7.86. The molecule has 5 heterocycles. The molecule has 2 fully saturated rings. The van der Waals surface area contributed by atoms with Crippen molar-refractivity contribution in [3.8, 4) is 11.6 Å². The molecular weight excluding hydrogens is 392 g/mol. The number of para-hydroxylation sites is 1. The van der Waals surface area contributed by atoms with Crippen molar-refractivity contribution in [2.45, 2.75) is 18.5 Å². The summed E-state index contributed by atoms with van der Waals surface area (Å²) in [5.74, 6) is 2.01. The smallest absolute Gasteiger partial charge is 0.237 e. The Morgan fingerprint density at radius 2 is 2.10 bits per heavy atom. The maximum atomic E-state index is 5.60. The van der Waals surface area contributed by atoms with Crippen LogP contribution in [0.3, 0.4) is 0 Å². The van der Waals surface area contributed by atoms with Gasteiger partial charge in [-0.1, -0.05) is 12.1 Å². The van der Waals surface area contributed by atoms with Crippen LogP contribution >= 0.6 is 0 Å². The summed E-state index contributed by atoms with van der Waals surface area (Å²) < 4.78 is 7.51. The van der Waals surface area contributed by atoms with E-state index < -0.39 is 0 Å². The van der Waals surface area contributed by atoms with Crippen LogP contribution in [-0.2, 0) is 0 Å². The van der Waals surface area contributed by atoms with Gasteiger partial charge in [-0.15, -0.1) is 5.10 Å². The molecule has 0 saturated carbocycles. The average Bonchev–Trinajstić information content (AvgIpc) is 3.54. The van der Waals surface area contributed by atoms with E-state index in [0.29, 0.717) is 23.8 Å². The first-order valence-electron chi connectivity index (χ1n) is 10.4. The highest BCUT2D eigenvalue weighted by Gasteiger charge is 2.39. The van der Waals surface area contributed by atoms with E-state index in [1.807, 2.05) is 22.9 Å². The zero-order chi connectivity index (χ0) is 20.8. The van der Waals surface area contributed by atoms with Crippen molar-refractivity contribution in [3.05, 3.63) is 55.1 Å². The van der Waals surface area contributed by atoms with Crippen LogP contribution in [-0.4, -0.2) is 57.0 Å². The van der Waals surface area contributed by atoms with E-state index in [1.54, 1.807) is 31.9 Å². The number of pyridine rings is 1. The largest absolute Gasteiger partial charge is 0.480 e. The molecule has 2 N–H and O–H groups in total. The molecule has 6 rings (SSSR count). The van der Waals surface area contributed by atoms with E-state index in [1.165, 1.54) is 0 Å². The fourth-order valence-corrected chi connectivity index (χ4v) is 4.61. The number of hydrogen-bond donors (Lipinski definition) is 2. The molecule has 0 unspecified atom stereocenters. The Bertz CT molecular complexity index is 1240. The molecule has 2 aliphatic heterocycles. The van der Waals surface area contributed by atoms with Gasteiger partial charge in [0.05, 0.1) is 30.7 Å². The number of nitrogens with zero attached hydrogens (tertiary/aromatic N) is 6. The quantitative estimate of drug-likeness (QED) is 0.515. The molecule has 0 radical (unpaired) electrons. The van der Waals surface area contributed by atoms with Gasteiger partial charge in [0.1, 0.15) is 11.5 Å². The summed E-state index contributed by atoms with van der Waals surface area (Å²) >= 11 is 0. The minimum absolute atomic E-state index is 0.471. The van der Waals surface area contributed by atoms with E-state index in [9.17, 15) is 0 Å². The van der Waals surface area contributed by atoms with Gasteiger partial charge in [-0.3, -0.25) is 4.98 Å². The summed E-state index contributed by atoms with van der Waals surface area (Å²) in [5.41, 5.74) is 2.88. The molecule has 3 aromatic heterocycles. The fraction of sp³-hybridized carbons (Fsp3) is 0.273. The first-order chi connectivity index (χ1) is 15.3. The van der Waals surface area contributed by atoms with Gasteiger partial charge in [-0.05, 0) is 24.6 Å². The highest BCUT2D eigenvalue weighted by atomic mass is 16.5. The highest BCUT2D eigenvalue weighted by molar-refractivity contribution is 5.92. The van der Waals surface area contributed by atoms with Crippen molar-refractivity contribution < 1.29 is 4.74 Å². The van der Waals surface area contributed by atoms with Crippen molar-refractivity contribution in [1.82, 2.24) is 30.0 Å². The Morgan fingerprint density at radius 1 is 1.16 bits per heavy atom. The molecule has 9 nitrogen and oxygen atoms in total. The molecule has 2 aliphatic rings. The van der Waals surface area contributed by atoms with Gasteiger partial charge in [-0.25, -0.2) is 14.6 Å². The number of anilines is 3. The standard InChI is InChI=1S/C22H22N8O/c1-31-22-19(29-13-14-8-15(29)10-25-14)9-16(11-26-22)30-18-5-3-2-4-17(18)21(28-30)27-20-12-23-6-7-24-20/h2-7,9,11-12,14-15,25H,8,10,13H2,1H3,(H,24,27,28)/t14-,15-/m0/s1. The first kappa shape index (κ1) is 18.1. The van der Waals surface area contributed by atoms with Crippen LogP contribution in [0.25, 0.3) is 16.6 Å². The SMILES string of the molecule is COc1ncc(-n2nc(Nc3cnccn3)c3ccccc32)cc1N1C[C@@H]2C[C@H]1CN2. The number of benzene rings is 1. The topological polar surface area (TPSA) is 93.0 Å². The van der Waals surface area contributed by atoms with Crippen LogP contribution in [0.15, 0.2) is 55.1 Å². The molecule has 2 atom stereocenters. The Balaban J connectivity index is 1.44. The van der Waals surface area contributed by atoms with Gasteiger partial charge < -0.3 is 20.3 Å². The normalized spacial score (nSPS) is 19.8. The first-order valence-corrected chi connectivity index (χ1v) is 10.4. The van der Waals surface area contributed by atoms with Gasteiger partial charge in [0, 0.05) is 43.0 Å². The van der Waals surface area contributed by atoms with Crippen molar-refractivity contribution in [3.63, 3.8) is 0 Å². The number of piperazine rings is 1. The molecule has 31 heavy (non-hydrogen) atoms. The number of rotatable bonds is 5. The predicted octanol–water partition coefficient (Wildman–Crippen LogP) is 2.51. The predicted molar refractivity (Wildman–Crippen MR) is 118 cm³/mol. The second-order valence-corrected chi connectivity index (χ2v) is 7.86. The zero-order valence-electron chi connectivity index (χ0n) is 17.1. The van der Waals surface area contributed by atoms with E-state index in [2.05, 4.69) is 42.6 Å². The third-order valence-electron chi connectivity index (χ3n) is 6.02. The van der Waals surface area contributed by atoms with Crippen molar-refractivity contribution in [2.75, 3.05) is 30.4 Å². The van der Waals surface area contributed by atoms with Crippen molar-refractivity contribution in [2.24, 2.45) is 0 Å². The van der Waals surface area contributed by atoms with Crippen LogP contribution in [0.5, 0.6) is 5.88 Å². The maximum absolute atomic E-state index is 5.60. The lowest BCUT2D eigenvalue weighted by molar-refractivity contribution is 0.396. The van der Waals surface area contributed by atoms with Gasteiger partial charge in [0.15, 0.2) is 5.82 Å². The Kier molecular flexibility index (Phi) is 4.20. The molecule has 9 heteroatoms. The van der Waals surface area contributed by atoms with Gasteiger partial charge in [-0.2, -0.15) is 0 Å². The van der Waals surface area contributed by atoms with E-state index in [4.69, 9.17) is 9.84 Å². The zero-order valence-corrected chi connectivity index (χ0v) is 17.1. The number of methoxy groups -OCH3 is 1. The Hall–Kier alpha value is -3.72. The summed E-state index contributed by atoms with van der Waals surface area (Å²) in [4.78, 5) is 15.5. The monoisotopic (exact) mass is 414 g/mol. The lowest BCUT2D eigenvalue weighted by Gasteiger charge is -2.30. The number of nitrogens with one attached hydrogen (secondary N) is 2. The van der Waals surface area contributed by atoms with Crippen LogP contribution in [0.4, 0.5) is 17.3 Å². The van der Waals surface area contributed by atoms with Crippen LogP contribution in [0.2, 0.25) is 0 Å². The average molecular weight is 414 g/mol. The van der Waals surface area contributed by atoms with Gasteiger partial charge in [0.2, 0.25) is 5.88 Å². The maximum Gasteiger partial charge on any atom is 0.237 e. The minimum Gasteiger partial charge on any atom is -0.480 e. The molecule has 2 bridgehead atoms. The highest BCUT2D eigenvalue weighted by Crippen LogP contribution is 2.36.